The van der Waals surface area contributed by atoms with Gasteiger partial charge >= 0.3 is 0 Å². The number of para-hydroxylation sites is 1. The Kier molecular flexibility index (Phi) is 7.89. The van der Waals surface area contributed by atoms with E-state index in [9.17, 15) is 9.59 Å². The molecule has 2 aromatic rings. The van der Waals surface area contributed by atoms with Crippen molar-refractivity contribution in [3.8, 4) is 0 Å². The smallest absolute Gasteiger partial charge is 0.265 e. The molecule has 1 saturated heterocycles. The van der Waals surface area contributed by atoms with Gasteiger partial charge in [-0.25, -0.2) is 0 Å². The van der Waals surface area contributed by atoms with Crippen molar-refractivity contribution in [1.29, 1.82) is 0 Å². The zero-order valence-corrected chi connectivity index (χ0v) is 20.3. The van der Waals surface area contributed by atoms with Crippen LogP contribution in [0.25, 0.3) is 6.08 Å². The van der Waals surface area contributed by atoms with E-state index in [1.54, 1.807) is 4.90 Å². The first-order chi connectivity index (χ1) is 16.0. The third kappa shape index (κ3) is 6.27. The minimum absolute atomic E-state index is 0.0281. The van der Waals surface area contributed by atoms with Crippen molar-refractivity contribution in [2.24, 2.45) is 11.8 Å². The van der Waals surface area contributed by atoms with Crippen LogP contribution in [0.1, 0.15) is 32.3 Å². The van der Waals surface area contributed by atoms with Crippen LogP contribution in [0.15, 0.2) is 64.4 Å². The highest BCUT2D eigenvalue weighted by Crippen LogP contribution is 2.41. The van der Waals surface area contributed by atoms with Gasteiger partial charge in [-0.15, -0.1) is 0 Å². The molecule has 5 nitrogen and oxygen atoms in total. The van der Waals surface area contributed by atoms with Crippen molar-refractivity contribution >= 4 is 35.3 Å². The predicted octanol–water partition coefficient (Wildman–Crippen LogP) is 4.65. The summed E-state index contributed by atoms with van der Waals surface area (Å²) in [6.07, 6.45) is 4.12. The molecule has 0 unspecified atom stereocenters. The van der Waals surface area contributed by atoms with Gasteiger partial charge < -0.3 is 10.2 Å². The number of benzene rings is 2. The van der Waals surface area contributed by atoms with E-state index in [2.05, 4.69) is 24.1 Å². The molecule has 2 aliphatic heterocycles. The van der Waals surface area contributed by atoms with Crippen molar-refractivity contribution in [3.05, 3.63) is 65.1 Å². The number of anilines is 1. The fourth-order valence-corrected chi connectivity index (χ4v) is 5.88. The summed E-state index contributed by atoms with van der Waals surface area (Å²) in [6, 6.07) is 17.6. The summed E-state index contributed by atoms with van der Waals surface area (Å²) in [5, 5.41) is 3.02. The molecule has 1 fully saturated rings. The second-order valence-electron chi connectivity index (χ2n) is 9.29. The molecule has 2 atom stereocenters. The minimum atomic E-state index is -0.131. The van der Waals surface area contributed by atoms with Crippen LogP contribution in [0.4, 0.5) is 5.69 Å². The molecule has 0 saturated carbocycles. The van der Waals surface area contributed by atoms with Gasteiger partial charge in [0.1, 0.15) is 6.54 Å². The summed E-state index contributed by atoms with van der Waals surface area (Å²) < 4.78 is 0. The van der Waals surface area contributed by atoms with E-state index in [-0.39, 0.29) is 18.4 Å². The number of amides is 2. The highest BCUT2D eigenvalue weighted by atomic mass is 32.2. The Morgan fingerprint density at radius 1 is 1.06 bits per heavy atom. The van der Waals surface area contributed by atoms with Gasteiger partial charge in [-0.1, -0.05) is 68.1 Å². The minimum Gasteiger partial charge on any atom is -0.355 e. The molecule has 0 bridgehead atoms. The number of piperidine rings is 1. The van der Waals surface area contributed by atoms with Gasteiger partial charge in [-0.3, -0.25) is 14.5 Å². The van der Waals surface area contributed by atoms with E-state index in [4.69, 9.17) is 0 Å². The van der Waals surface area contributed by atoms with Crippen molar-refractivity contribution in [3.63, 3.8) is 0 Å². The number of fused-ring (bicyclic) bond motifs is 1. The summed E-state index contributed by atoms with van der Waals surface area (Å²) in [6.45, 7) is 8.58. The maximum absolute atomic E-state index is 13.3. The predicted molar refractivity (Wildman–Crippen MR) is 136 cm³/mol. The largest absolute Gasteiger partial charge is 0.355 e. The monoisotopic (exact) mass is 463 g/mol. The van der Waals surface area contributed by atoms with Crippen LogP contribution in [0.5, 0.6) is 0 Å². The van der Waals surface area contributed by atoms with E-state index in [1.807, 2.05) is 60.7 Å². The molecule has 2 aromatic carbocycles. The normalized spacial score (nSPS) is 22.3. The summed E-state index contributed by atoms with van der Waals surface area (Å²) in [7, 11) is 0. The lowest BCUT2D eigenvalue weighted by atomic mass is 9.92. The van der Waals surface area contributed by atoms with Gasteiger partial charge in [0.25, 0.3) is 5.91 Å². The van der Waals surface area contributed by atoms with Gasteiger partial charge in [0.15, 0.2) is 0 Å². The molecular formula is C27H33N3O2S. The SMILES string of the molecule is C[C@@H]1C[C@@H](C)CN(CCCNC(=O)CN2C(=O)/C(=C/c3ccccc3)Sc3ccccc32)C1. The number of carbonyl (C=O) groups is 2. The van der Waals surface area contributed by atoms with E-state index >= 15 is 0 Å². The van der Waals surface area contributed by atoms with Gasteiger partial charge in [0, 0.05) is 24.5 Å². The summed E-state index contributed by atoms with van der Waals surface area (Å²) in [5.74, 6) is 1.23. The maximum Gasteiger partial charge on any atom is 0.265 e. The number of hydrogen-bond acceptors (Lipinski definition) is 4. The van der Waals surface area contributed by atoms with Crippen molar-refractivity contribution in [2.75, 3.05) is 37.6 Å². The van der Waals surface area contributed by atoms with Crippen LogP contribution in [0.3, 0.4) is 0 Å². The quantitative estimate of drug-likeness (QED) is 0.480. The first-order valence-electron chi connectivity index (χ1n) is 11.8. The molecule has 4 rings (SSSR count). The van der Waals surface area contributed by atoms with Crippen LogP contribution in [0, 0.1) is 11.8 Å². The average Bonchev–Trinajstić information content (AvgIpc) is 2.79. The summed E-state index contributed by atoms with van der Waals surface area (Å²) in [5.41, 5.74) is 1.77. The Balaban J connectivity index is 1.36. The Bertz CT molecular complexity index is 997. The lowest BCUT2D eigenvalue weighted by molar-refractivity contribution is -0.122. The molecule has 174 valence electrons. The van der Waals surface area contributed by atoms with Gasteiger partial charge in [-0.2, -0.15) is 0 Å². The standard InChI is InChI=1S/C27H33N3O2S/c1-20-15-21(2)18-29(17-20)14-8-13-28-26(31)19-30-23-11-6-7-12-24(23)33-25(27(30)32)16-22-9-4-3-5-10-22/h3-7,9-12,16,20-21H,8,13-15,17-19H2,1-2H3,(H,28,31)/b25-16-/t20-,21-/m1/s1. The number of thioether (sulfide) groups is 1. The Labute approximate surface area is 201 Å². The first-order valence-corrected chi connectivity index (χ1v) is 12.7. The van der Waals surface area contributed by atoms with E-state index < -0.39 is 0 Å². The number of nitrogens with zero attached hydrogens (tertiary/aromatic N) is 2. The first kappa shape index (κ1) is 23.6. The van der Waals surface area contributed by atoms with Crippen molar-refractivity contribution in [2.45, 2.75) is 31.6 Å². The lowest BCUT2D eigenvalue weighted by Crippen LogP contribution is -2.43. The lowest BCUT2D eigenvalue weighted by Gasteiger charge is -2.35. The second kappa shape index (κ2) is 11.0. The third-order valence-corrected chi connectivity index (χ3v) is 7.23. The molecule has 0 radical (unpaired) electrons. The fourth-order valence-electron chi connectivity index (χ4n) is 4.82. The summed E-state index contributed by atoms with van der Waals surface area (Å²) in [4.78, 5) is 31.7. The third-order valence-electron chi connectivity index (χ3n) is 6.15. The molecule has 2 heterocycles. The zero-order chi connectivity index (χ0) is 23.2. The van der Waals surface area contributed by atoms with Crippen LogP contribution in [-0.2, 0) is 9.59 Å². The van der Waals surface area contributed by atoms with Crippen molar-refractivity contribution in [1.82, 2.24) is 10.2 Å². The Hall–Kier alpha value is -2.57. The molecule has 0 aliphatic carbocycles. The second-order valence-corrected chi connectivity index (χ2v) is 10.4. The van der Waals surface area contributed by atoms with Gasteiger partial charge in [0.05, 0.1) is 10.6 Å². The number of rotatable bonds is 7. The van der Waals surface area contributed by atoms with Gasteiger partial charge in [0.2, 0.25) is 5.91 Å². The molecule has 1 N–H and O–H groups in total. The average molecular weight is 464 g/mol. The van der Waals surface area contributed by atoms with Crippen molar-refractivity contribution < 1.29 is 9.59 Å². The maximum atomic E-state index is 13.3. The van der Waals surface area contributed by atoms with Crippen LogP contribution in [0.2, 0.25) is 0 Å². The Morgan fingerprint density at radius 2 is 1.76 bits per heavy atom. The topological polar surface area (TPSA) is 52.7 Å². The van der Waals surface area contributed by atoms with Gasteiger partial charge in [-0.05, 0) is 55.0 Å². The number of hydrogen-bond donors (Lipinski definition) is 1. The highest BCUT2D eigenvalue weighted by molar-refractivity contribution is 8.04. The molecule has 0 aromatic heterocycles. The van der Waals surface area contributed by atoms with E-state index in [0.717, 1.165) is 54.0 Å². The zero-order valence-electron chi connectivity index (χ0n) is 19.5. The Morgan fingerprint density at radius 3 is 2.52 bits per heavy atom. The molecular weight excluding hydrogens is 430 g/mol. The molecule has 33 heavy (non-hydrogen) atoms. The fraction of sp³-hybridized carbons (Fsp3) is 0.407. The van der Waals surface area contributed by atoms with Crippen LogP contribution < -0.4 is 10.2 Å². The van der Waals surface area contributed by atoms with E-state index in [0.29, 0.717) is 11.4 Å². The molecule has 0 spiro atoms. The molecule has 2 aliphatic rings. The highest BCUT2D eigenvalue weighted by Gasteiger charge is 2.30. The number of carbonyl (C=O) groups excluding carboxylic acids is 2. The molecule has 2 amide bonds. The van der Waals surface area contributed by atoms with E-state index in [1.165, 1.54) is 18.2 Å². The number of likely N-dealkylation sites (tertiary alicyclic amines) is 1. The van der Waals surface area contributed by atoms with Crippen LogP contribution >= 0.6 is 11.8 Å². The summed E-state index contributed by atoms with van der Waals surface area (Å²) >= 11 is 1.46. The molecule has 6 heteroatoms. The van der Waals surface area contributed by atoms with Crippen LogP contribution in [-0.4, -0.2) is 49.4 Å². The number of nitrogens with one attached hydrogen (secondary N) is 1.